The summed E-state index contributed by atoms with van der Waals surface area (Å²) in [6, 6.07) is 7.00. The minimum Gasteiger partial charge on any atom is -0.504 e. The van der Waals surface area contributed by atoms with Gasteiger partial charge in [-0.15, -0.1) is 11.3 Å². The number of aromatic hydroxyl groups is 2. The SMILES string of the molecule is CC1CCc2sc(N=Cc3cccc(O)c3O)c(C#N)c2C1. The topological polar surface area (TPSA) is 76.6 Å². The van der Waals surface area contributed by atoms with Gasteiger partial charge >= 0.3 is 0 Å². The van der Waals surface area contributed by atoms with Crippen LogP contribution in [0.3, 0.4) is 0 Å². The predicted octanol–water partition coefficient (Wildman–Crippen LogP) is 3.91. The van der Waals surface area contributed by atoms with Gasteiger partial charge in [0.25, 0.3) is 0 Å². The van der Waals surface area contributed by atoms with Crippen molar-refractivity contribution < 1.29 is 10.2 Å². The molecule has 1 aromatic heterocycles. The van der Waals surface area contributed by atoms with Crippen LogP contribution < -0.4 is 0 Å². The van der Waals surface area contributed by atoms with E-state index in [0.29, 0.717) is 22.0 Å². The zero-order chi connectivity index (χ0) is 15.7. The summed E-state index contributed by atoms with van der Waals surface area (Å²) in [5.74, 6) is 0.226. The Morgan fingerprint density at radius 1 is 1.41 bits per heavy atom. The Morgan fingerprint density at radius 3 is 3.00 bits per heavy atom. The molecule has 0 radical (unpaired) electrons. The average molecular weight is 312 g/mol. The number of benzene rings is 1. The highest BCUT2D eigenvalue weighted by atomic mass is 32.1. The number of phenolic OH excluding ortho intramolecular Hbond substituents is 2. The maximum Gasteiger partial charge on any atom is 0.166 e. The number of nitrogens with zero attached hydrogens (tertiary/aromatic N) is 2. The van der Waals surface area contributed by atoms with Crippen LogP contribution >= 0.6 is 11.3 Å². The third-order valence-electron chi connectivity index (χ3n) is 3.97. The second-order valence-electron chi connectivity index (χ2n) is 5.62. The highest BCUT2D eigenvalue weighted by Crippen LogP contribution is 2.40. The van der Waals surface area contributed by atoms with Gasteiger partial charge in [-0.1, -0.05) is 13.0 Å². The van der Waals surface area contributed by atoms with Crippen molar-refractivity contribution in [2.45, 2.75) is 26.2 Å². The van der Waals surface area contributed by atoms with Gasteiger partial charge in [0.1, 0.15) is 11.1 Å². The first-order chi connectivity index (χ1) is 10.6. The van der Waals surface area contributed by atoms with Crippen molar-refractivity contribution in [3.05, 3.63) is 39.8 Å². The van der Waals surface area contributed by atoms with Crippen LogP contribution in [0.2, 0.25) is 0 Å². The molecule has 0 saturated heterocycles. The van der Waals surface area contributed by atoms with E-state index in [1.165, 1.54) is 17.2 Å². The number of rotatable bonds is 2. The Hall–Kier alpha value is -2.32. The summed E-state index contributed by atoms with van der Waals surface area (Å²) in [6.07, 6.45) is 4.58. The van der Waals surface area contributed by atoms with Crippen LogP contribution in [0.15, 0.2) is 23.2 Å². The molecule has 22 heavy (non-hydrogen) atoms. The number of phenols is 2. The Morgan fingerprint density at radius 2 is 2.23 bits per heavy atom. The van der Waals surface area contributed by atoms with Gasteiger partial charge in [-0.05, 0) is 42.9 Å². The molecule has 1 unspecified atom stereocenters. The lowest BCUT2D eigenvalue weighted by atomic mass is 9.88. The van der Waals surface area contributed by atoms with Crippen molar-refractivity contribution in [3.8, 4) is 17.6 Å². The standard InChI is InChI=1S/C17H16N2O2S/c1-10-5-6-15-12(7-10)13(8-18)17(22-15)19-9-11-3-2-4-14(20)16(11)21/h2-4,9-10,20-21H,5-7H2,1H3. The molecule has 2 N–H and O–H groups in total. The normalized spacial score (nSPS) is 17.4. The molecule has 1 aliphatic carbocycles. The van der Waals surface area contributed by atoms with Crippen molar-refractivity contribution in [1.82, 2.24) is 0 Å². The molecule has 5 heteroatoms. The summed E-state index contributed by atoms with van der Waals surface area (Å²) in [7, 11) is 0. The van der Waals surface area contributed by atoms with E-state index in [9.17, 15) is 15.5 Å². The van der Waals surface area contributed by atoms with Gasteiger partial charge in [0.05, 0.1) is 5.56 Å². The van der Waals surface area contributed by atoms with Crippen molar-refractivity contribution in [2.75, 3.05) is 0 Å². The molecule has 112 valence electrons. The van der Waals surface area contributed by atoms with Gasteiger partial charge in [0.2, 0.25) is 0 Å². The van der Waals surface area contributed by atoms with E-state index in [4.69, 9.17) is 0 Å². The lowest BCUT2D eigenvalue weighted by molar-refractivity contribution is 0.403. The highest BCUT2D eigenvalue weighted by Gasteiger charge is 2.23. The predicted molar refractivity (Wildman–Crippen MR) is 87.2 cm³/mol. The molecular formula is C17H16N2O2S. The molecule has 0 aliphatic heterocycles. The molecule has 1 atom stereocenters. The zero-order valence-electron chi connectivity index (χ0n) is 12.2. The summed E-state index contributed by atoms with van der Waals surface area (Å²) in [5, 5.41) is 29.4. The smallest absolute Gasteiger partial charge is 0.166 e. The van der Waals surface area contributed by atoms with Crippen LogP contribution in [0.1, 0.15) is 34.9 Å². The third kappa shape index (κ3) is 2.58. The van der Waals surface area contributed by atoms with Crippen LogP contribution in [0, 0.1) is 17.2 Å². The average Bonchev–Trinajstić information content (AvgIpc) is 2.85. The van der Waals surface area contributed by atoms with Crippen LogP contribution in [0.5, 0.6) is 11.5 Å². The number of hydrogen-bond donors (Lipinski definition) is 2. The lowest BCUT2D eigenvalue weighted by Crippen LogP contribution is -2.09. The molecule has 0 fully saturated rings. The molecule has 1 heterocycles. The first-order valence-corrected chi connectivity index (χ1v) is 8.01. The molecule has 0 spiro atoms. The minimum atomic E-state index is -0.195. The number of fused-ring (bicyclic) bond motifs is 1. The van der Waals surface area contributed by atoms with Gasteiger partial charge in [-0.3, -0.25) is 0 Å². The molecular weight excluding hydrogens is 296 g/mol. The molecule has 0 amide bonds. The number of nitriles is 1. The second-order valence-corrected chi connectivity index (χ2v) is 6.70. The number of hydrogen-bond acceptors (Lipinski definition) is 5. The largest absolute Gasteiger partial charge is 0.504 e. The fourth-order valence-electron chi connectivity index (χ4n) is 2.73. The van der Waals surface area contributed by atoms with E-state index < -0.39 is 0 Å². The number of thiophene rings is 1. The molecule has 1 aliphatic rings. The monoisotopic (exact) mass is 312 g/mol. The summed E-state index contributed by atoms with van der Waals surface area (Å²) < 4.78 is 0. The van der Waals surface area contributed by atoms with Crippen molar-refractivity contribution in [3.63, 3.8) is 0 Å². The lowest BCUT2D eigenvalue weighted by Gasteiger charge is -2.17. The van der Waals surface area contributed by atoms with Crippen LogP contribution in [-0.2, 0) is 12.8 Å². The van der Waals surface area contributed by atoms with E-state index in [2.05, 4.69) is 18.0 Å². The minimum absolute atomic E-state index is 0.177. The van der Waals surface area contributed by atoms with Gasteiger partial charge in [0.15, 0.2) is 11.5 Å². The first kappa shape index (κ1) is 14.6. The number of aryl methyl sites for hydroxylation is 1. The van der Waals surface area contributed by atoms with Crippen molar-refractivity contribution in [1.29, 1.82) is 5.26 Å². The molecule has 2 aromatic rings. The summed E-state index contributed by atoms with van der Waals surface area (Å²) in [4.78, 5) is 5.63. The summed E-state index contributed by atoms with van der Waals surface area (Å²) >= 11 is 1.55. The van der Waals surface area contributed by atoms with E-state index in [0.717, 1.165) is 24.8 Å². The van der Waals surface area contributed by atoms with E-state index in [1.807, 2.05) is 0 Å². The van der Waals surface area contributed by atoms with Gasteiger partial charge in [0, 0.05) is 16.7 Å². The fraction of sp³-hybridized carbons (Fsp3) is 0.294. The van der Waals surface area contributed by atoms with Crippen LogP contribution in [0.4, 0.5) is 5.00 Å². The van der Waals surface area contributed by atoms with E-state index in [-0.39, 0.29) is 11.5 Å². The van der Waals surface area contributed by atoms with Gasteiger partial charge < -0.3 is 10.2 Å². The zero-order valence-corrected chi connectivity index (χ0v) is 13.0. The van der Waals surface area contributed by atoms with E-state index in [1.54, 1.807) is 23.5 Å². The third-order valence-corrected chi connectivity index (χ3v) is 5.17. The van der Waals surface area contributed by atoms with E-state index >= 15 is 0 Å². The molecule has 3 rings (SSSR count). The van der Waals surface area contributed by atoms with Gasteiger partial charge in [-0.25, -0.2) is 4.99 Å². The van der Waals surface area contributed by atoms with Gasteiger partial charge in [-0.2, -0.15) is 5.26 Å². The maximum absolute atomic E-state index is 9.80. The number of para-hydroxylation sites is 1. The number of aliphatic imine (C=N–C) groups is 1. The molecule has 1 aromatic carbocycles. The first-order valence-electron chi connectivity index (χ1n) is 7.19. The Labute approximate surface area is 133 Å². The Kier molecular flexibility index (Phi) is 3.86. The second kappa shape index (κ2) is 5.82. The Bertz CT molecular complexity index is 787. The van der Waals surface area contributed by atoms with Crippen molar-refractivity contribution >= 4 is 22.6 Å². The fourth-order valence-corrected chi connectivity index (χ4v) is 3.87. The van der Waals surface area contributed by atoms with Crippen LogP contribution in [0.25, 0.3) is 0 Å². The quantitative estimate of drug-likeness (QED) is 0.652. The maximum atomic E-state index is 9.80. The summed E-state index contributed by atoms with van der Waals surface area (Å²) in [5.41, 5.74) is 2.23. The molecule has 4 nitrogen and oxygen atoms in total. The molecule has 0 bridgehead atoms. The van der Waals surface area contributed by atoms with Crippen LogP contribution in [-0.4, -0.2) is 16.4 Å². The molecule has 0 saturated carbocycles. The highest BCUT2D eigenvalue weighted by molar-refractivity contribution is 7.16. The summed E-state index contributed by atoms with van der Waals surface area (Å²) in [6.45, 7) is 2.20. The Balaban J connectivity index is 1.98. The van der Waals surface area contributed by atoms with Crippen molar-refractivity contribution in [2.24, 2.45) is 10.9 Å².